The molecule has 0 bridgehead atoms. The van der Waals surface area contributed by atoms with Crippen LogP contribution in [0, 0.1) is 5.41 Å². The SMILES string of the molecule is CC(C)(C)OC(=O)N1CCC2(CC1)CCN(c1cncc(Nc3ncc(Cl)c(-c4cccc(N5CCC5)c4)n3)c1)C2=O. The number of carbonyl (C=O) groups is 2. The molecule has 3 aromatic rings. The first-order valence-corrected chi connectivity index (χ1v) is 14.9. The van der Waals surface area contributed by atoms with Crippen LogP contribution in [0.1, 0.15) is 46.5 Å². The molecule has 0 radical (unpaired) electrons. The van der Waals surface area contributed by atoms with Gasteiger partial charge in [0, 0.05) is 44.0 Å². The van der Waals surface area contributed by atoms with Crippen molar-refractivity contribution in [3.63, 3.8) is 0 Å². The number of rotatable bonds is 5. The molecule has 1 N–H and O–H groups in total. The number of nitrogens with one attached hydrogen (secondary N) is 1. The molecule has 42 heavy (non-hydrogen) atoms. The second kappa shape index (κ2) is 11.1. The maximum atomic E-state index is 13.7. The molecule has 0 aliphatic carbocycles. The fraction of sp³-hybridized carbons (Fsp3) is 0.452. The van der Waals surface area contributed by atoms with Crippen LogP contribution in [0.2, 0.25) is 5.02 Å². The highest BCUT2D eigenvalue weighted by molar-refractivity contribution is 6.32. The number of anilines is 4. The lowest BCUT2D eigenvalue weighted by atomic mass is 9.77. The van der Waals surface area contributed by atoms with Crippen molar-refractivity contribution >= 4 is 46.6 Å². The molecule has 1 aromatic carbocycles. The van der Waals surface area contributed by atoms with Gasteiger partial charge in [0.15, 0.2) is 0 Å². The van der Waals surface area contributed by atoms with Gasteiger partial charge in [-0.25, -0.2) is 14.8 Å². The van der Waals surface area contributed by atoms with Gasteiger partial charge >= 0.3 is 6.09 Å². The van der Waals surface area contributed by atoms with Gasteiger partial charge in [-0.1, -0.05) is 23.7 Å². The summed E-state index contributed by atoms with van der Waals surface area (Å²) in [5, 5.41) is 3.71. The highest BCUT2D eigenvalue weighted by Gasteiger charge is 2.49. The van der Waals surface area contributed by atoms with E-state index in [-0.39, 0.29) is 12.0 Å². The van der Waals surface area contributed by atoms with Gasteiger partial charge in [0.2, 0.25) is 11.9 Å². The lowest BCUT2D eigenvalue weighted by Crippen LogP contribution is -2.48. The first kappa shape index (κ1) is 28.2. The zero-order valence-corrected chi connectivity index (χ0v) is 25.0. The van der Waals surface area contributed by atoms with Crippen LogP contribution in [0.3, 0.4) is 0 Å². The van der Waals surface area contributed by atoms with Gasteiger partial charge < -0.3 is 24.8 Å². The minimum absolute atomic E-state index is 0.0809. The van der Waals surface area contributed by atoms with Crippen LogP contribution in [0.4, 0.5) is 27.8 Å². The predicted octanol–water partition coefficient (Wildman–Crippen LogP) is 5.90. The van der Waals surface area contributed by atoms with Crippen molar-refractivity contribution in [3.8, 4) is 11.3 Å². The number of carbonyl (C=O) groups excluding carboxylic acids is 2. The lowest BCUT2D eigenvalue weighted by molar-refractivity contribution is -0.128. The molecule has 11 heteroatoms. The minimum atomic E-state index is -0.546. The molecule has 0 unspecified atom stereocenters. The van der Waals surface area contributed by atoms with Gasteiger partial charge in [0.05, 0.1) is 46.1 Å². The van der Waals surface area contributed by atoms with Gasteiger partial charge in [0.25, 0.3) is 0 Å². The van der Waals surface area contributed by atoms with E-state index in [1.165, 1.54) is 6.42 Å². The van der Waals surface area contributed by atoms with Gasteiger partial charge in [0.1, 0.15) is 5.60 Å². The van der Waals surface area contributed by atoms with E-state index >= 15 is 0 Å². The van der Waals surface area contributed by atoms with E-state index in [1.54, 1.807) is 28.4 Å². The minimum Gasteiger partial charge on any atom is -0.444 e. The molecule has 220 valence electrons. The summed E-state index contributed by atoms with van der Waals surface area (Å²) in [4.78, 5) is 45.5. The van der Waals surface area contributed by atoms with Crippen LogP contribution in [0.25, 0.3) is 11.3 Å². The van der Waals surface area contributed by atoms with Crippen molar-refractivity contribution in [2.24, 2.45) is 5.41 Å². The molecule has 0 atom stereocenters. The van der Waals surface area contributed by atoms with Crippen LogP contribution in [-0.2, 0) is 9.53 Å². The summed E-state index contributed by atoms with van der Waals surface area (Å²) < 4.78 is 5.53. The molecule has 1 spiro atoms. The molecule has 0 saturated carbocycles. The maximum Gasteiger partial charge on any atom is 0.410 e. The summed E-state index contributed by atoms with van der Waals surface area (Å²) in [5.74, 6) is 0.471. The zero-order chi connectivity index (χ0) is 29.5. The normalized spacial score (nSPS) is 18.3. The summed E-state index contributed by atoms with van der Waals surface area (Å²) in [5.41, 5.74) is 3.10. The number of aromatic nitrogens is 3. The quantitative estimate of drug-likeness (QED) is 0.392. The monoisotopic (exact) mass is 589 g/mol. The van der Waals surface area contributed by atoms with Gasteiger partial charge in [-0.05, 0) is 64.7 Å². The summed E-state index contributed by atoms with van der Waals surface area (Å²) >= 11 is 6.51. The Bertz CT molecular complexity index is 1500. The number of amides is 2. The number of benzene rings is 1. The second-order valence-electron chi connectivity index (χ2n) is 12.3. The Morgan fingerprint density at radius 2 is 1.76 bits per heavy atom. The summed E-state index contributed by atoms with van der Waals surface area (Å²) in [7, 11) is 0. The van der Waals surface area contributed by atoms with Gasteiger partial charge in [-0.15, -0.1) is 0 Å². The lowest BCUT2D eigenvalue weighted by Gasteiger charge is -2.38. The summed E-state index contributed by atoms with van der Waals surface area (Å²) in [6.45, 7) is 9.30. The van der Waals surface area contributed by atoms with E-state index in [9.17, 15) is 9.59 Å². The van der Waals surface area contributed by atoms with Crippen molar-refractivity contribution in [1.82, 2.24) is 19.9 Å². The molecule has 5 heterocycles. The third-order valence-electron chi connectivity index (χ3n) is 8.26. The van der Waals surface area contributed by atoms with Gasteiger partial charge in [-0.3, -0.25) is 9.78 Å². The molecule has 3 saturated heterocycles. The van der Waals surface area contributed by atoms with E-state index in [1.807, 2.05) is 39.0 Å². The van der Waals surface area contributed by atoms with Crippen molar-refractivity contribution in [2.45, 2.75) is 52.1 Å². The van der Waals surface area contributed by atoms with E-state index in [4.69, 9.17) is 21.3 Å². The number of ether oxygens (including phenoxy) is 1. The number of nitrogens with zero attached hydrogens (tertiary/aromatic N) is 6. The highest BCUT2D eigenvalue weighted by atomic mass is 35.5. The highest BCUT2D eigenvalue weighted by Crippen LogP contribution is 2.43. The largest absolute Gasteiger partial charge is 0.444 e. The molecule has 6 rings (SSSR count). The Labute approximate surface area is 251 Å². The first-order chi connectivity index (χ1) is 20.1. The average Bonchev–Trinajstić information content (AvgIpc) is 3.23. The molecular formula is C31H36ClN7O3. The van der Waals surface area contributed by atoms with E-state index < -0.39 is 11.0 Å². The molecule has 2 aromatic heterocycles. The number of hydrogen-bond acceptors (Lipinski definition) is 8. The number of pyridine rings is 1. The zero-order valence-electron chi connectivity index (χ0n) is 24.3. The third-order valence-corrected chi connectivity index (χ3v) is 8.54. The Morgan fingerprint density at radius 1 is 1.00 bits per heavy atom. The summed E-state index contributed by atoms with van der Waals surface area (Å²) in [6.07, 6.45) is 7.84. The fourth-order valence-corrected chi connectivity index (χ4v) is 6.00. The van der Waals surface area contributed by atoms with E-state index in [0.29, 0.717) is 60.5 Å². The Morgan fingerprint density at radius 3 is 2.48 bits per heavy atom. The number of halogens is 1. The summed E-state index contributed by atoms with van der Waals surface area (Å²) in [6, 6.07) is 10.1. The molecule has 3 aliphatic rings. The first-order valence-electron chi connectivity index (χ1n) is 14.5. The van der Waals surface area contributed by atoms with E-state index in [2.05, 4.69) is 32.3 Å². The van der Waals surface area contributed by atoms with Crippen molar-refractivity contribution in [3.05, 3.63) is 53.9 Å². The molecule has 3 fully saturated rings. The standard InChI is InChI=1S/C31H36ClN7O3/c1-30(2,3)42-29(41)38-13-8-31(9-14-38)10-15-39(27(31)40)24-17-22(18-33-19-24)35-28-34-20-25(32)26(36-28)21-6-4-7-23(16-21)37-11-5-12-37/h4,6-7,16-20H,5,8-15H2,1-3H3,(H,34,35,36). The number of piperidine rings is 1. The van der Waals surface area contributed by atoms with Crippen molar-refractivity contribution < 1.29 is 14.3 Å². The van der Waals surface area contributed by atoms with Crippen LogP contribution in [-0.4, -0.2) is 70.2 Å². The van der Waals surface area contributed by atoms with Crippen LogP contribution in [0.15, 0.2) is 48.9 Å². The maximum absolute atomic E-state index is 13.7. The second-order valence-corrected chi connectivity index (χ2v) is 12.7. The predicted molar refractivity (Wildman–Crippen MR) is 163 cm³/mol. The Balaban J connectivity index is 1.14. The Kier molecular flexibility index (Phi) is 7.43. The topological polar surface area (TPSA) is 104 Å². The average molecular weight is 590 g/mol. The van der Waals surface area contributed by atoms with E-state index in [0.717, 1.165) is 30.8 Å². The van der Waals surface area contributed by atoms with Gasteiger partial charge in [-0.2, -0.15) is 0 Å². The van der Waals surface area contributed by atoms with Crippen LogP contribution in [0.5, 0.6) is 0 Å². The Hall–Kier alpha value is -3.92. The fourth-order valence-electron chi connectivity index (χ4n) is 5.80. The third kappa shape index (κ3) is 5.72. The van der Waals surface area contributed by atoms with Crippen molar-refractivity contribution in [1.29, 1.82) is 0 Å². The smallest absolute Gasteiger partial charge is 0.410 e. The van der Waals surface area contributed by atoms with Crippen molar-refractivity contribution in [2.75, 3.05) is 47.8 Å². The number of likely N-dealkylation sites (tertiary alicyclic amines) is 1. The number of hydrogen-bond donors (Lipinski definition) is 1. The molecular weight excluding hydrogens is 554 g/mol. The van der Waals surface area contributed by atoms with Crippen LogP contribution >= 0.6 is 11.6 Å². The molecule has 2 amide bonds. The molecule has 3 aliphatic heterocycles. The van der Waals surface area contributed by atoms with Crippen LogP contribution < -0.4 is 15.1 Å². The molecule has 10 nitrogen and oxygen atoms in total.